The third-order valence-electron chi connectivity index (χ3n) is 5.54. The third kappa shape index (κ3) is 4.99. The van der Waals surface area contributed by atoms with Crippen LogP contribution in [0.4, 0.5) is 5.69 Å². The maximum Gasteiger partial charge on any atom is 0.293 e. The molecule has 0 fully saturated rings. The molecule has 0 saturated carbocycles. The average molecular weight is 536 g/mol. The molecular weight excluding hydrogens is 517 g/mol. The van der Waals surface area contributed by atoms with Crippen molar-refractivity contribution < 1.29 is 13.6 Å². The second-order valence-corrected chi connectivity index (χ2v) is 9.44. The van der Waals surface area contributed by atoms with Crippen molar-refractivity contribution in [2.45, 2.75) is 13.8 Å². The molecule has 0 aliphatic heterocycles. The summed E-state index contributed by atoms with van der Waals surface area (Å²) in [5, 5.41) is 6.68. The number of nitrogens with one attached hydrogen (secondary N) is 2. The zero-order valence-electron chi connectivity index (χ0n) is 19.2. The molecule has 2 aromatic heterocycles. The molecule has 5 rings (SSSR count). The molecule has 0 saturated heterocycles. The predicted molar refractivity (Wildman–Crippen MR) is 147 cm³/mol. The number of hydrogen-bond acceptors (Lipinski definition) is 5. The van der Waals surface area contributed by atoms with Crippen molar-refractivity contribution in [1.82, 2.24) is 10.3 Å². The lowest BCUT2D eigenvalue weighted by molar-refractivity contribution is 0.0951. The molecule has 180 valence electrons. The minimum Gasteiger partial charge on any atom is -0.451 e. The van der Waals surface area contributed by atoms with E-state index in [9.17, 15) is 4.79 Å². The first-order chi connectivity index (χ1) is 17.3. The number of thiocarbonyl (C=S) groups is 1. The van der Waals surface area contributed by atoms with E-state index in [1.165, 1.54) is 0 Å². The summed E-state index contributed by atoms with van der Waals surface area (Å²) in [5.74, 6) is 0.600. The zero-order valence-corrected chi connectivity index (χ0v) is 21.5. The maximum absolute atomic E-state index is 12.7. The Hall–Kier alpha value is -3.65. The fourth-order valence-corrected chi connectivity index (χ4v) is 4.13. The van der Waals surface area contributed by atoms with Crippen molar-refractivity contribution in [1.29, 1.82) is 0 Å². The van der Waals surface area contributed by atoms with Gasteiger partial charge in [0.1, 0.15) is 11.3 Å². The lowest BCUT2D eigenvalue weighted by Crippen LogP contribution is -2.34. The zero-order chi connectivity index (χ0) is 25.4. The van der Waals surface area contributed by atoms with Crippen molar-refractivity contribution >= 4 is 63.2 Å². The van der Waals surface area contributed by atoms with Crippen LogP contribution in [0.25, 0.3) is 33.9 Å². The molecule has 0 bridgehead atoms. The molecule has 1 amide bonds. The van der Waals surface area contributed by atoms with Gasteiger partial charge in [-0.2, -0.15) is 0 Å². The minimum atomic E-state index is -0.484. The number of carbonyl (C=O) groups excluding carboxylic acids is 1. The van der Waals surface area contributed by atoms with E-state index in [0.29, 0.717) is 38.5 Å². The molecule has 0 aliphatic carbocycles. The van der Waals surface area contributed by atoms with Crippen LogP contribution in [-0.2, 0) is 0 Å². The summed E-state index contributed by atoms with van der Waals surface area (Å²) in [6.07, 6.45) is 0. The van der Waals surface area contributed by atoms with E-state index in [4.69, 9.17) is 44.3 Å². The number of aryl methyl sites for hydroxylation is 2. The molecule has 0 unspecified atom stereocenters. The van der Waals surface area contributed by atoms with Gasteiger partial charge < -0.3 is 14.2 Å². The number of oxazole rings is 1. The predicted octanol–water partition coefficient (Wildman–Crippen LogP) is 7.81. The first-order valence-corrected chi connectivity index (χ1v) is 12.1. The highest BCUT2D eigenvalue weighted by atomic mass is 35.5. The van der Waals surface area contributed by atoms with Crippen LogP contribution in [0.5, 0.6) is 0 Å². The second-order valence-electron chi connectivity index (χ2n) is 8.22. The molecule has 0 spiro atoms. The topological polar surface area (TPSA) is 80.3 Å². The Labute approximate surface area is 222 Å². The van der Waals surface area contributed by atoms with Gasteiger partial charge in [0, 0.05) is 16.8 Å². The smallest absolute Gasteiger partial charge is 0.293 e. The second kappa shape index (κ2) is 9.78. The number of rotatable bonds is 4. The third-order valence-corrected chi connectivity index (χ3v) is 6.48. The van der Waals surface area contributed by atoms with E-state index in [2.05, 4.69) is 15.6 Å². The van der Waals surface area contributed by atoms with Gasteiger partial charge in [0.2, 0.25) is 5.89 Å². The molecule has 0 aliphatic rings. The highest BCUT2D eigenvalue weighted by Crippen LogP contribution is 2.30. The Balaban J connectivity index is 1.30. The number of fused-ring (bicyclic) bond motifs is 1. The van der Waals surface area contributed by atoms with Crippen LogP contribution in [0.15, 0.2) is 75.6 Å². The monoisotopic (exact) mass is 535 g/mol. The van der Waals surface area contributed by atoms with Crippen molar-refractivity contribution in [3.63, 3.8) is 0 Å². The van der Waals surface area contributed by atoms with E-state index in [0.717, 1.165) is 22.2 Å². The largest absolute Gasteiger partial charge is 0.451 e. The molecule has 5 aromatic rings. The summed E-state index contributed by atoms with van der Waals surface area (Å²) >= 11 is 17.4. The van der Waals surface area contributed by atoms with Gasteiger partial charge in [-0.25, -0.2) is 4.98 Å². The molecule has 2 N–H and O–H groups in total. The summed E-state index contributed by atoms with van der Waals surface area (Å²) in [5.41, 5.74) is 5.74. The highest BCUT2D eigenvalue weighted by Gasteiger charge is 2.16. The first-order valence-electron chi connectivity index (χ1n) is 10.9. The number of nitrogens with zero attached hydrogens (tertiary/aromatic N) is 1. The van der Waals surface area contributed by atoms with E-state index < -0.39 is 5.91 Å². The van der Waals surface area contributed by atoms with E-state index >= 15 is 0 Å². The number of halogens is 2. The van der Waals surface area contributed by atoms with Crippen LogP contribution in [0.3, 0.4) is 0 Å². The summed E-state index contributed by atoms with van der Waals surface area (Å²) in [7, 11) is 0. The molecule has 9 heteroatoms. The molecular formula is C27H19Cl2N3O3S. The van der Waals surface area contributed by atoms with Crippen LogP contribution in [-0.4, -0.2) is 16.0 Å². The van der Waals surface area contributed by atoms with Gasteiger partial charge in [-0.3, -0.25) is 10.1 Å². The molecule has 36 heavy (non-hydrogen) atoms. The van der Waals surface area contributed by atoms with Crippen LogP contribution in [0.1, 0.15) is 21.7 Å². The van der Waals surface area contributed by atoms with Crippen LogP contribution < -0.4 is 10.6 Å². The first kappa shape index (κ1) is 24.1. The number of carbonyl (C=O) groups is 1. The summed E-state index contributed by atoms with van der Waals surface area (Å²) < 4.78 is 11.6. The Kier molecular flexibility index (Phi) is 6.53. The van der Waals surface area contributed by atoms with Crippen molar-refractivity contribution in [2.75, 3.05) is 5.32 Å². The number of anilines is 1. The maximum atomic E-state index is 12.7. The average Bonchev–Trinajstić information content (AvgIpc) is 3.49. The highest BCUT2D eigenvalue weighted by molar-refractivity contribution is 7.80. The lowest BCUT2D eigenvalue weighted by Gasteiger charge is -2.12. The van der Waals surface area contributed by atoms with E-state index in [1.807, 2.05) is 50.2 Å². The fourth-order valence-electron chi connectivity index (χ4n) is 3.63. The standard InChI is InChI=1S/C27H19Cl2N3O3S/c1-14-3-8-23-21(11-14)30-26(35-23)17-5-4-15(2)20(13-17)31-27(36)32-25(33)24-10-9-22(34-24)16-6-7-18(28)19(29)12-16/h3-13H,1-2H3,(H2,31,32,33,36). The number of hydrogen-bond donors (Lipinski definition) is 2. The van der Waals surface area contributed by atoms with Gasteiger partial charge in [0.15, 0.2) is 16.5 Å². The Morgan fingerprint density at radius 1 is 0.889 bits per heavy atom. The van der Waals surface area contributed by atoms with Crippen molar-refractivity contribution in [3.8, 4) is 22.8 Å². The Bertz CT molecular complexity index is 1640. The summed E-state index contributed by atoms with van der Waals surface area (Å²) in [6.45, 7) is 3.94. The number of aromatic nitrogens is 1. The Morgan fingerprint density at radius 3 is 2.50 bits per heavy atom. The van der Waals surface area contributed by atoms with Gasteiger partial charge in [0.25, 0.3) is 5.91 Å². The van der Waals surface area contributed by atoms with Gasteiger partial charge in [-0.05, 0) is 91.8 Å². The molecule has 2 heterocycles. The fraction of sp³-hybridized carbons (Fsp3) is 0.0741. The summed E-state index contributed by atoms with van der Waals surface area (Å²) in [4.78, 5) is 17.3. The Morgan fingerprint density at radius 2 is 1.69 bits per heavy atom. The van der Waals surface area contributed by atoms with Gasteiger partial charge >= 0.3 is 0 Å². The van der Waals surface area contributed by atoms with Crippen LogP contribution in [0, 0.1) is 13.8 Å². The van der Waals surface area contributed by atoms with Crippen molar-refractivity contribution in [3.05, 3.63) is 93.7 Å². The van der Waals surface area contributed by atoms with Crippen LogP contribution >= 0.6 is 35.4 Å². The van der Waals surface area contributed by atoms with E-state index in [1.54, 1.807) is 30.3 Å². The number of amides is 1. The van der Waals surface area contributed by atoms with Gasteiger partial charge in [-0.15, -0.1) is 0 Å². The normalized spacial score (nSPS) is 11.0. The van der Waals surface area contributed by atoms with Crippen molar-refractivity contribution in [2.24, 2.45) is 0 Å². The molecule has 0 radical (unpaired) electrons. The van der Waals surface area contributed by atoms with E-state index in [-0.39, 0.29) is 10.9 Å². The summed E-state index contributed by atoms with van der Waals surface area (Å²) in [6, 6.07) is 19.9. The molecule has 6 nitrogen and oxygen atoms in total. The van der Waals surface area contributed by atoms with Gasteiger partial charge in [0.05, 0.1) is 10.0 Å². The molecule has 3 aromatic carbocycles. The SMILES string of the molecule is Cc1ccc2oc(-c3ccc(C)c(NC(=S)NC(=O)c4ccc(-c5ccc(Cl)c(Cl)c5)o4)c3)nc2c1. The quantitative estimate of drug-likeness (QED) is 0.228. The number of furan rings is 1. The lowest BCUT2D eigenvalue weighted by atomic mass is 10.1. The number of benzene rings is 3. The minimum absolute atomic E-state index is 0.104. The van der Waals surface area contributed by atoms with Crippen LogP contribution in [0.2, 0.25) is 10.0 Å². The van der Waals surface area contributed by atoms with Gasteiger partial charge in [-0.1, -0.05) is 35.3 Å². The molecule has 0 atom stereocenters.